The monoisotopic (exact) mass is 289 g/mol. The van der Waals surface area contributed by atoms with Crippen LogP contribution in [0.1, 0.15) is 10.4 Å². The zero-order chi connectivity index (χ0) is 12.3. The van der Waals surface area contributed by atoms with Crippen molar-refractivity contribution in [2.45, 2.75) is 6.36 Å². The molecule has 8 heteroatoms. The summed E-state index contributed by atoms with van der Waals surface area (Å²) in [4.78, 5) is 11.2. The molecule has 0 fully saturated rings. The van der Waals surface area contributed by atoms with E-state index in [2.05, 4.69) is 4.74 Å². The molecule has 1 rings (SSSR count). The van der Waals surface area contributed by atoms with Crippen LogP contribution in [0.5, 0.6) is 5.75 Å². The number of carbonyl (C=O) groups excluding carboxylic acids is 1. The number of alkyl halides is 3. The van der Waals surface area contributed by atoms with Gasteiger partial charge in [0.05, 0.1) is 6.54 Å². The van der Waals surface area contributed by atoms with Crippen LogP contribution in [0.15, 0.2) is 18.2 Å². The van der Waals surface area contributed by atoms with Crippen LogP contribution in [0.2, 0.25) is 5.02 Å². The Morgan fingerprint density at radius 2 is 1.94 bits per heavy atom. The minimum Gasteiger partial charge on any atom is -0.406 e. The first-order valence-corrected chi connectivity index (χ1v) is 4.49. The molecule has 0 aromatic heterocycles. The van der Waals surface area contributed by atoms with Crippen molar-refractivity contribution in [1.82, 2.24) is 0 Å². The molecule has 0 bridgehead atoms. The van der Waals surface area contributed by atoms with Gasteiger partial charge in [0.2, 0.25) is 0 Å². The normalized spacial score (nSPS) is 10.6. The number of rotatable bonds is 3. The van der Waals surface area contributed by atoms with Gasteiger partial charge < -0.3 is 10.5 Å². The van der Waals surface area contributed by atoms with E-state index in [1.54, 1.807) is 0 Å². The van der Waals surface area contributed by atoms with Gasteiger partial charge in [-0.2, -0.15) is 0 Å². The van der Waals surface area contributed by atoms with Crippen LogP contribution in [0.25, 0.3) is 0 Å². The summed E-state index contributed by atoms with van der Waals surface area (Å²) in [5, 5.41) is -0.0291. The van der Waals surface area contributed by atoms with E-state index in [4.69, 9.17) is 17.3 Å². The Morgan fingerprint density at radius 1 is 1.35 bits per heavy atom. The van der Waals surface area contributed by atoms with Crippen LogP contribution in [-0.2, 0) is 0 Å². The SMILES string of the molecule is Cl.NCC(=O)c1cc(Cl)cc(OC(F)(F)F)c1. The lowest BCUT2D eigenvalue weighted by Gasteiger charge is -2.10. The maximum absolute atomic E-state index is 11.9. The van der Waals surface area contributed by atoms with Crippen molar-refractivity contribution in [1.29, 1.82) is 0 Å². The van der Waals surface area contributed by atoms with Crippen LogP contribution >= 0.6 is 24.0 Å². The van der Waals surface area contributed by atoms with Crippen molar-refractivity contribution in [3.8, 4) is 5.75 Å². The van der Waals surface area contributed by atoms with Gasteiger partial charge in [0.1, 0.15) is 5.75 Å². The van der Waals surface area contributed by atoms with Crippen molar-refractivity contribution in [3.63, 3.8) is 0 Å². The maximum Gasteiger partial charge on any atom is 0.573 e. The summed E-state index contributed by atoms with van der Waals surface area (Å²) in [6.45, 7) is -0.314. The number of halogens is 5. The molecule has 3 nitrogen and oxygen atoms in total. The summed E-state index contributed by atoms with van der Waals surface area (Å²) in [5.41, 5.74) is 5.06. The van der Waals surface area contributed by atoms with Gasteiger partial charge in [0.15, 0.2) is 5.78 Å². The second-order valence-corrected chi connectivity index (χ2v) is 3.29. The van der Waals surface area contributed by atoms with Gasteiger partial charge in [0, 0.05) is 10.6 Å². The van der Waals surface area contributed by atoms with E-state index in [1.165, 1.54) is 6.07 Å². The van der Waals surface area contributed by atoms with Gasteiger partial charge in [-0.05, 0) is 18.2 Å². The van der Waals surface area contributed by atoms with Crippen LogP contribution in [-0.4, -0.2) is 18.7 Å². The summed E-state index contributed by atoms with van der Waals surface area (Å²) >= 11 is 5.54. The van der Waals surface area contributed by atoms with E-state index in [0.29, 0.717) is 0 Å². The Hall–Kier alpha value is -0.980. The minimum absolute atomic E-state index is 0. The number of Topliss-reactive ketones (excluding diaryl/α,β-unsaturated/α-hetero) is 1. The third-order valence-corrected chi connectivity index (χ3v) is 1.83. The molecule has 0 saturated heterocycles. The highest BCUT2D eigenvalue weighted by atomic mass is 35.5. The second kappa shape index (κ2) is 6.09. The number of hydrogen-bond acceptors (Lipinski definition) is 3. The molecular formula is C9H8Cl2F3NO2. The van der Waals surface area contributed by atoms with Gasteiger partial charge in [-0.25, -0.2) is 0 Å². The average Bonchev–Trinajstić information content (AvgIpc) is 2.12. The largest absolute Gasteiger partial charge is 0.573 e. The zero-order valence-corrected chi connectivity index (χ0v) is 9.83. The number of ether oxygens (including phenoxy) is 1. The van der Waals surface area contributed by atoms with Crippen molar-refractivity contribution in [3.05, 3.63) is 28.8 Å². The molecule has 0 amide bonds. The number of benzene rings is 1. The molecule has 0 radical (unpaired) electrons. The van der Waals surface area contributed by atoms with Gasteiger partial charge in [0.25, 0.3) is 0 Å². The smallest absolute Gasteiger partial charge is 0.406 e. The van der Waals surface area contributed by atoms with Crippen LogP contribution in [0.3, 0.4) is 0 Å². The lowest BCUT2D eigenvalue weighted by Crippen LogP contribution is -2.18. The van der Waals surface area contributed by atoms with Crippen LogP contribution in [0, 0.1) is 0 Å². The molecular weight excluding hydrogens is 282 g/mol. The fourth-order valence-electron chi connectivity index (χ4n) is 1.03. The summed E-state index contributed by atoms with van der Waals surface area (Å²) < 4.78 is 39.4. The van der Waals surface area contributed by atoms with Gasteiger partial charge in [-0.15, -0.1) is 25.6 Å². The van der Waals surface area contributed by atoms with Crippen molar-refractivity contribution in [2.75, 3.05) is 6.54 Å². The van der Waals surface area contributed by atoms with Crippen LogP contribution < -0.4 is 10.5 Å². The molecule has 0 atom stereocenters. The third-order valence-electron chi connectivity index (χ3n) is 1.61. The predicted molar refractivity (Wildman–Crippen MR) is 58.8 cm³/mol. The number of carbonyl (C=O) groups is 1. The Balaban J connectivity index is 0.00000256. The second-order valence-electron chi connectivity index (χ2n) is 2.85. The quantitative estimate of drug-likeness (QED) is 0.871. The standard InChI is InChI=1S/C9H7ClF3NO2.ClH/c10-6-1-5(8(15)4-14)2-7(3-6)16-9(11,12)13;/h1-3H,4,14H2;1H. The predicted octanol–water partition coefficient (Wildman–Crippen LogP) is 2.80. The minimum atomic E-state index is -4.83. The molecule has 2 N–H and O–H groups in total. The zero-order valence-electron chi connectivity index (χ0n) is 8.25. The highest BCUT2D eigenvalue weighted by Crippen LogP contribution is 2.27. The molecule has 0 saturated carbocycles. The molecule has 0 aliphatic rings. The molecule has 1 aromatic rings. The van der Waals surface area contributed by atoms with Crippen molar-refractivity contribution >= 4 is 29.8 Å². The summed E-state index contributed by atoms with van der Waals surface area (Å²) in [6, 6.07) is 3.12. The highest BCUT2D eigenvalue weighted by molar-refractivity contribution is 6.31. The lowest BCUT2D eigenvalue weighted by atomic mass is 10.1. The summed E-state index contributed by atoms with van der Waals surface area (Å²) in [7, 11) is 0. The number of hydrogen-bond donors (Lipinski definition) is 1. The van der Waals surface area contributed by atoms with E-state index in [9.17, 15) is 18.0 Å². The van der Waals surface area contributed by atoms with E-state index in [1.807, 2.05) is 0 Å². The fraction of sp³-hybridized carbons (Fsp3) is 0.222. The van der Waals surface area contributed by atoms with Gasteiger partial charge >= 0.3 is 6.36 Å². The molecule has 0 aliphatic carbocycles. The van der Waals surface area contributed by atoms with E-state index in [0.717, 1.165) is 12.1 Å². The molecule has 1 aromatic carbocycles. The molecule has 17 heavy (non-hydrogen) atoms. The van der Waals surface area contributed by atoms with E-state index >= 15 is 0 Å². The van der Waals surface area contributed by atoms with Gasteiger partial charge in [-0.1, -0.05) is 11.6 Å². The molecule has 0 heterocycles. The molecule has 0 aliphatic heterocycles. The summed E-state index contributed by atoms with van der Waals surface area (Å²) in [6.07, 6.45) is -4.83. The molecule has 0 unspecified atom stereocenters. The number of ketones is 1. The van der Waals surface area contributed by atoms with Crippen molar-refractivity contribution < 1.29 is 22.7 Å². The third kappa shape index (κ3) is 5.25. The van der Waals surface area contributed by atoms with Crippen molar-refractivity contribution in [2.24, 2.45) is 5.73 Å². The van der Waals surface area contributed by atoms with E-state index in [-0.39, 0.29) is 29.5 Å². The van der Waals surface area contributed by atoms with Crippen LogP contribution in [0.4, 0.5) is 13.2 Å². The molecule has 96 valence electrons. The first-order chi connectivity index (χ1) is 7.31. The topological polar surface area (TPSA) is 52.3 Å². The van der Waals surface area contributed by atoms with Gasteiger partial charge in [-0.3, -0.25) is 4.79 Å². The Kier molecular flexibility index (Phi) is 5.74. The maximum atomic E-state index is 11.9. The fourth-order valence-corrected chi connectivity index (χ4v) is 1.26. The highest BCUT2D eigenvalue weighted by Gasteiger charge is 2.31. The Morgan fingerprint density at radius 3 is 2.41 bits per heavy atom. The first kappa shape index (κ1) is 16.0. The Labute approximate surface area is 106 Å². The lowest BCUT2D eigenvalue weighted by molar-refractivity contribution is -0.274. The molecule has 0 spiro atoms. The first-order valence-electron chi connectivity index (χ1n) is 4.11. The number of nitrogens with two attached hydrogens (primary N) is 1. The summed E-state index contributed by atoms with van der Waals surface area (Å²) in [5.74, 6) is -1.06. The Bertz CT molecular complexity index is 410. The average molecular weight is 290 g/mol. The van der Waals surface area contributed by atoms with E-state index < -0.39 is 17.9 Å².